The molecule has 0 heterocycles. The average molecular weight is 399 g/mol. The van der Waals surface area contributed by atoms with Gasteiger partial charge in [-0.3, -0.25) is 14.9 Å². The number of nitro benzene ring substituents is 1. The van der Waals surface area contributed by atoms with E-state index < -0.39 is 31.1 Å². The Morgan fingerprint density at radius 2 is 1.78 bits per heavy atom. The van der Waals surface area contributed by atoms with Crippen molar-refractivity contribution in [1.29, 1.82) is 0 Å². The van der Waals surface area contributed by atoms with Crippen LogP contribution in [0.2, 0.25) is 0 Å². The summed E-state index contributed by atoms with van der Waals surface area (Å²) in [5, 5.41) is 13.9. The van der Waals surface area contributed by atoms with Gasteiger partial charge in [-0.15, -0.1) is 0 Å². The lowest BCUT2D eigenvalue weighted by molar-refractivity contribution is -0.384. The minimum Gasteiger partial charge on any atom is -0.350 e. The number of nitro groups is 1. The topological polar surface area (TPSA) is 110 Å². The van der Waals surface area contributed by atoms with Crippen molar-refractivity contribution in [2.24, 2.45) is 0 Å². The van der Waals surface area contributed by atoms with Crippen LogP contribution in [0.3, 0.4) is 0 Å². The van der Waals surface area contributed by atoms with Crippen LogP contribution in [0.4, 0.5) is 31.5 Å². The second kappa shape index (κ2) is 7.66. The molecule has 0 atom stereocenters. The van der Waals surface area contributed by atoms with E-state index >= 15 is 0 Å². The number of alkyl halides is 2. The van der Waals surface area contributed by atoms with Crippen molar-refractivity contribution in [3.8, 4) is 0 Å². The summed E-state index contributed by atoms with van der Waals surface area (Å²) < 4.78 is 48.3. The predicted molar refractivity (Wildman–Crippen MR) is 95.1 cm³/mol. The van der Waals surface area contributed by atoms with Crippen LogP contribution >= 0.6 is 0 Å². The van der Waals surface area contributed by atoms with Crippen LogP contribution in [0.1, 0.15) is 6.92 Å². The number of hydrogen-bond acceptors (Lipinski definition) is 6. The van der Waals surface area contributed by atoms with Gasteiger partial charge < -0.3 is 10.2 Å². The Hall–Kier alpha value is -3.08. The van der Waals surface area contributed by atoms with E-state index in [9.17, 15) is 32.1 Å². The van der Waals surface area contributed by atoms with Gasteiger partial charge in [-0.25, -0.2) is 8.42 Å². The zero-order chi connectivity index (χ0) is 20.4. The van der Waals surface area contributed by atoms with Gasteiger partial charge in [0.1, 0.15) is 5.69 Å². The molecule has 2 rings (SSSR count). The van der Waals surface area contributed by atoms with Crippen LogP contribution in [0.5, 0.6) is 0 Å². The first-order valence-electron chi connectivity index (χ1n) is 7.46. The molecule has 2 aromatic carbocycles. The molecule has 0 spiro atoms. The Balaban J connectivity index is 2.36. The van der Waals surface area contributed by atoms with Gasteiger partial charge in [0.05, 0.1) is 9.82 Å². The molecule has 0 saturated carbocycles. The normalized spacial score (nSPS) is 11.3. The molecule has 0 aromatic heterocycles. The smallest absolute Gasteiger partial charge is 0.341 e. The number of carbonyl (C=O) groups excluding carboxylic acids is 1. The summed E-state index contributed by atoms with van der Waals surface area (Å²) >= 11 is 0. The van der Waals surface area contributed by atoms with E-state index in [1.165, 1.54) is 11.8 Å². The van der Waals surface area contributed by atoms with E-state index in [1.54, 1.807) is 31.3 Å². The molecular weight excluding hydrogens is 384 g/mol. The van der Waals surface area contributed by atoms with Gasteiger partial charge in [-0.05, 0) is 36.4 Å². The molecule has 0 unspecified atom stereocenters. The van der Waals surface area contributed by atoms with Gasteiger partial charge in [-0.2, -0.15) is 8.78 Å². The summed E-state index contributed by atoms with van der Waals surface area (Å²) in [5.74, 6) is -3.86. The largest absolute Gasteiger partial charge is 0.350 e. The van der Waals surface area contributed by atoms with Crippen LogP contribution < -0.4 is 10.2 Å². The lowest BCUT2D eigenvalue weighted by Gasteiger charge is -2.15. The van der Waals surface area contributed by atoms with Crippen LogP contribution in [0.15, 0.2) is 47.4 Å². The highest BCUT2D eigenvalue weighted by Crippen LogP contribution is 2.32. The van der Waals surface area contributed by atoms with Gasteiger partial charge in [0.25, 0.3) is 5.69 Å². The Morgan fingerprint density at radius 1 is 1.19 bits per heavy atom. The maximum absolute atomic E-state index is 12.6. The van der Waals surface area contributed by atoms with Gasteiger partial charge in [0.2, 0.25) is 15.7 Å². The van der Waals surface area contributed by atoms with E-state index in [1.807, 2.05) is 0 Å². The number of nitrogens with zero attached hydrogens (tertiary/aromatic N) is 2. The Morgan fingerprint density at radius 3 is 2.26 bits per heavy atom. The third-order valence-corrected chi connectivity index (χ3v) is 5.12. The van der Waals surface area contributed by atoms with Crippen molar-refractivity contribution in [3.63, 3.8) is 0 Å². The van der Waals surface area contributed by atoms with Crippen LogP contribution in [0.25, 0.3) is 0 Å². The van der Waals surface area contributed by atoms with E-state index in [0.29, 0.717) is 17.4 Å². The molecule has 0 aliphatic rings. The SMILES string of the molecule is CC(=O)N(C)c1ccc(Nc2ccc(S(=O)(=O)C(F)F)cc2[N+](=O)[O-])cc1. The maximum Gasteiger partial charge on any atom is 0.341 e. The number of amides is 1. The van der Waals surface area contributed by atoms with E-state index in [4.69, 9.17) is 0 Å². The van der Waals surface area contributed by atoms with Gasteiger partial charge >= 0.3 is 5.76 Å². The number of sulfone groups is 1. The number of anilines is 3. The molecule has 0 saturated heterocycles. The molecule has 8 nitrogen and oxygen atoms in total. The lowest BCUT2D eigenvalue weighted by Crippen LogP contribution is -2.22. The number of hydrogen-bond donors (Lipinski definition) is 1. The highest BCUT2D eigenvalue weighted by molar-refractivity contribution is 7.91. The molecule has 11 heteroatoms. The number of rotatable bonds is 6. The van der Waals surface area contributed by atoms with Gasteiger partial charge in [-0.1, -0.05) is 0 Å². The highest BCUT2D eigenvalue weighted by atomic mass is 32.2. The van der Waals surface area contributed by atoms with Crippen LogP contribution in [-0.2, 0) is 14.6 Å². The van der Waals surface area contributed by atoms with E-state index in [2.05, 4.69) is 5.32 Å². The summed E-state index contributed by atoms with van der Waals surface area (Å²) in [6.45, 7) is 1.39. The van der Waals surface area contributed by atoms with Crippen LogP contribution in [-0.4, -0.2) is 32.1 Å². The van der Waals surface area contributed by atoms with E-state index in [0.717, 1.165) is 12.1 Å². The molecule has 1 N–H and O–H groups in total. The third-order valence-electron chi connectivity index (χ3n) is 3.73. The van der Waals surface area contributed by atoms with Crippen molar-refractivity contribution in [1.82, 2.24) is 0 Å². The fourth-order valence-electron chi connectivity index (χ4n) is 2.15. The standard InChI is InChI=1S/C16H15F2N3O5S/c1-10(22)20(2)12-5-3-11(4-6-12)19-14-8-7-13(9-15(14)21(23)24)27(25,26)16(17)18/h3-9,16,19H,1-2H3. The van der Waals surface area contributed by atoms with Crippen molar-refractivity contribution < 1.29 is 26.9 Å². The first-order chi connectivity index (χ1) is 12.5. The number of benzene rings is 2. The molecule has 0 aliphatic carbocycles. The van der Waals surface area contributed by atoms with Crippen molar-refractivity contribution in [2.45, 2.75) is 17.6 Å². The molecule has 1 amide bonds. The Bertz CT molecular complexity index is 978. The molecule has 2 aromatic rings. The lowest BCUT2D eigenvalue weighted by atomic mass is 10.2. The zero-order valence-electron chi connectivity index (χ0n) is 14.2. The Labute approximate surface area is 153 Å². The summed E-state index contributed by atoms with van der Waals surface area (Å²) in [4.78, 5) is 22.2. The monoisotopic (exact) mass is 399 g/mol. The van der Waals surface area contributed by atoms with Crippen molar-refractivity contribution in [3.05, 3.63) is 52.6 Å². The molecule has 27 heavy (non-hydrogen) atoms. The van der Waals surface area contributed by atoms with Gasteiger partial charge in [0, 0.05) is 31.4 Å². The second-order valence-corrected chi connectivity index (χ2v) is 7.41. The highest BCUT2D eigenvalue weighted by Gasteiger charge is 2.29. The minimum atomic E-state index is -4.95. The molecular formula is C16H15F2N3O5S. The Kier molecular flexibility index (Phi) is 5.74. The quantitative estimate of drug-likeness (QED) is 0.589. The van der Waals surface area contributed by atoms with Crippen molar-refractivity contribution in [2.75, 3.05) is 17.3 Å². The minimum absolute atomic E-state index is 0.0686. The average Bonchev–Trinajstić information content (AvgIpc) is 2.61. The predicted octanol–water partition coefficient (Wildman–Crippen LogP) is 3.32. The first kappa shape index (κ1) is 20.2. The fourth-order valence-corrected chi connectivity index (χ4v) is 2.89. The number of nitrogens with one attached hydrogen (secondary N) is 1. The summed E-state index contributed by atoms with van der Waals surface area (Å²) in [6.07, 6.45) is 0. The van der Waals surface area contributed by atoms with Crippen molar-refractivity contribution >= 4 is 38.5 Å². The molecule has 0 bridgehead atoms. The molecule has 0 fully saturated rings. The first-order valence-corrected chi connectivity index (χ1v) is 9.00. The van der Waals surface area contributed by atoms with E-state index in [-0.39, 0.29) is 11.6 Å². The summed E-state index contributed by atoms with van der Waals surface area (Å²) in [7, 11) is -3.37. The molecule has 144 valence electrons. The molecule has 0 radical (unpaired) electrons. The summed E-state index contributed by atoms with van der Waals surface area (Å²) in [5.41, 5.74) is 0.284. The fraction of sp³-hybridized carbons (Fsp3) is 0.188. The van der Waals surface area contributed by atoms with Crippen LogP contribution in [0, 0.1) is 10.1 Å². The number of halogens is 2. The summed E-state index contributed by atoms with van der Waals surface area (Å²) in [6, 6.07) is 8.82. The second-order valence-electron chi connectivity index (χ2n) is 5.49. The number of carbonyl (C=O) groups is 1. The van der Waals surface area contributed by atoms with Gasteiger partial charge in [0.15, 0.2) is 0 Å². The zero-order valence-corrected chi connectivity index (χ0v) is 15.0. The third kappa shape index (κ3) is 4.37. The molecule has 0 aliphatic heterocycles. The maximum atomic E-state index is 12.6.